The first-order chi connectivity index (χ1) is 8.96. The second-order valence-electron chi connectivity index (χ2n) is 7.68. The smallest absolute Gasteiger partial charge is 0.398 e. The molecule has 0 N–H and O–H groups in total. The highest BCUT2D eigenvalue weighted by Gasteiger charge is 2.53. The average molecular weight is 284 g/mol. The molecule has 0 aromatic heterocycles. The summed E-state index contributed by atoms with van der Waals surface area (Å²) in [4.78, 5) is 0. The molecule has 2 nitrogen and oxygen atoms in total. The first-order valence-corrected chi connectivity index (χ1v) is 7.69. The van der Waals surface area contributed by atoms with E-state index in [2.05, 4.69) is 27.7 Å². The lowest BCUT2D eigenvalue weighted by Gasteiger charge is -2.32. The van der Waals surface area contributed by atoms with E-state index in [1.807, 2.05) is 27.7 Å². The molecule has 1 atom stereocenters. The number of hydrogen-bond acceptors (Lipinski definition) is 2. The van der Waals surface area contributed by atoms with Crippen molar-refractivity contribution in [3.05, 3.63) is 11.8 Å². The monoisotopic (exact) mass is 284 g/mol. The molecule has 1 unspecified atom stereocenters. The lowest BCUT2D eigenvalue weighted by molar-refractivity contribution is 0.00578. The fourth-order valence-corrected chi connectivity index (χ4v) is 2.32. The third-order valence-electron chi connectivity index (χ3n) is 4.45. The second-order valence-corrected chi connectivity index (χ2v) is 7.68. The zero-order chi connectivity index (χ0) is 15.7. The lowest BCUT2D eigenvalue weighted by atomic mass is 9.81. The second kappa shape index (κ2) is 6.19. The van der Waals surface area contributed by atoms with Gasteiger partial charge >= 0.3 is 7.12 Å². The van der Waals surface area contributed by atoms with Crippen molar-refractivity contribution in [2.45, 2.75) is 73.0 Å². The van der Waals surface area contributed by atoms with Crippen LogP contribution >= 0.6 is 0 Å². The standard InChI is InChI=1S/C16H30BFO2/c1-11(2)9-13(12(3)4)10-14(18)17-19-15(5,6)16(7,8)20-17/h10-13H,9H2,1-8H3. The Kier molecular flexibility index (Phi) is 5.48. The summed E-state index contributed by atoms with van der Waals surface area (Å²) in [5, 5.41) is 0. The van der Waals surface area contributed by atoms with Crippen LogP contribution in [0.4, 0.5) is 4.39 Å². The largest absolute Gasteiger partial charge is 0.524 e. The fraction of sp³-hybridized carbons (Fsp3) is 0.875. The fourth-order valence-electron chi connectivity index (χ4n) is 2.32. The van der Waals surface area contributed by atoms with E-state index in [0.717, 1.165) is 6.42 Å². The molecule has 0 aromatic carbocycles. The Morgan fingerprint density at radius 1 is 1.05 bits per heavy atom. The van der Waals surface area contributed by atoms with Crippen LogP contribution in [-0.2, 0) is 9.31 Å². The van der Waals surface area contributed by atoms with Gasteiger partial charge in [-0.05, 0) is 51.9 Å². The van der Waals surface area contributed by atoms with E-state index in [0.29, 0.717) is 11.8 Å². The first kappa shape index (κ1) is 17.7. The third kappa shape index (κ3) is 4.08. The van der Waals surface area contributed by atoms with Gasteiger partial charge in [-0.25, -0.2) is 4.39 Å². The molecule has 0 bridgehead atoms. The Bertz CT molecular complexity index is 345. The van der Waals surface area contributed by atoms with Gasteiger partial charge in [0.25, 0.3) is 0 Å². The third-order valence-corrected chi connectivity index (χ3v) is 4.45. The molecule has 0 aromatic rings. The van der Waals surface area contributed by atoms with Gasteiger partial charge < -0.3 is 9.31 Å². The summed E-state index contributed by atoms with van der Waals surface area (Å²) in [5.74, 6) is 1.17. The van der Waals surface area contributed by atoms with Crippen molar-refractivity contribution in [1.29, 1.82) is 0 Å². The van der Waals surface area contributed by atoms with Crippen LogP contribution in [0.5, 0.6) is 0 Å². The van der Waals surface area contributed by atoms with E-state index in [4.69, 9.17) is 9.31 Å². The SMILES string of the molecule is CC(C)CC(C=C(F)B1OC(C)(C)C(C)(C)O1)C(C)C. The van der Waals surface area contributed by atoms with Crippen LogP contribution in [0.2, 0.25) is 0 Å². The maximum Gasteiger partial charge on any atom is 0.524 e. The van der Waals surface area contributed by atoms with E-state index in [-0.39, 0.29) is 11.6 Å². The molecule has 0 aliphatic carbocycles. The van der Waals surface area contributed by atoms with E-state index >= 15 is 0 Å². The average Bonchev–Trinajstić information content (AvgIpc) is 2.46. The maximum atomic E-state index is 14.5. The summed E-state index contributed by atoms with van der Waals surface area (Å²) >= 11 is 0. The van der Waals surface area contributed by atoms with Crippen molar-refractivity contribution in [1.82, 2.24) is 0 Å². The van der Waals surface area contributed by atoms with Gasteiger partial charge in [0.15, 0.2) is 0 Å². The lowest BCUT2D eigenvalue weighted by Crippen LogP contribution is -2.41. The molecule has 1 aliphatic rings. The molecule has 0 spiro atoms. The topological polar surface area (TPSA) is 18.5 Å². The zero-order valence-electron chi connectivity index (χ0n) is 14.3. The summed E-state index contributed by atoms with van der Waals surface area (Å²) in [5.41, 5.74) is -1.27. The van der Waals surface area contributed by atoms with E-state index in [9.17, 15) is 4.39 Å². The van der Waals surface area contributed by atoms with Crippen molar-refractivity contribution >= 4 is 7.12 Å². The molecule has 1 rings (SSSR count). The molecule has 0 saturated carbocycles. The number of hydrogen-bond donors (Lipinski definition) is 0. The van der Waals surface area contributed by atoms with E-state index < -0.39 is 18.3 Å². The molecule has 4 heteroatoms. The van der Waals surface area contributed by atoms with Gasteiger partial charge in [-0.1, -0.05) is 33.8 Å². The molecule has 1 fully saturated rings. The Morgan fingerprint density at radius 3 is 1.85 bits per heavy atom. The van der Waals surface area contributed by atoms with Crippen molar-refractivity contribution in [3.8, 4) is 0 Å². The first-order valence-electron chi connectivity index (χ1n) is 7.69. The molecule has 0 amide bonds. The maximum absolute atomic E-state index is 14.5. The highest BCUT2D eigenvalue weighted by atomic mass is 19.1. The van der Waals surface area contributed by atoms with Crippen LogP contribution in [0.15, 0.2) is 11.8 Å². The zero-order valence-corrected chi connectivity index (χ0v) is 14.3. The molecular formula is C16H30BFO2. The van der Waals surface area contributed by atoms with Gasteiger partial charge in [-0.15, -0.1) is 0 Å². The predicted octanol–water partition coefficient (Wildman–Crippen LogP) is 4.79. The summed E-state index contributed by atoms with van der Waals surface area (Å²) in [6, 6.07) is 0. The van der Waals surface area contributed by atoms with Crippen LogP contribution in [0.25, 0.3) is 0 Å². The van der Waals surface area contributed by atoms with Gasteiger partial charge in [-0.3, -0.25) is 0 Å². The van der Waals surface area contributed by atoms with Crippen LogP contribution in [0.3, 0.4) is 0 Å². The molecule has 1 aliphatic heterocycles. The summed E-state index contributed by atoms with van der Waals surface area (Å²) in [7, 11) is -0.867. The Hall–Kier alpha value is -0.345. The van der Waals surface area contributed by atoms with Gasteiger partial charge in [-0.2, -0.15) is 0 Å². The Labute approximate surface area is 124 Å². The van der Waals surface area contributed by atoms with E-state index in [1.54, 1.807) is 6.08 Å². The van der Waals surface area contributed by atoms with E-state index in [1.165, 1.54) is 0 Å². The number of halogens is 1. The summed E-state index contributed by atoms with van der Waals surface area (Å²) in [6.45, 7) is 16.3. The van der Waals surface area contributed by atoms with Gasteiger partial charge in [0.05, 0.1) is 11.2 Å². The van der Waals surface area contributed by atoms with Crippen molar-refractivity contribution in [2.24, 2.45) is 17.8 Å². The van der Waals surface area contributed by atoms with Gasteiger partial charge in [0, 0.05) is 0 Å². The minimum absolute atomic E-state index is 0.217. The van der Waals surface area contributed by atoms with Gasteiger partial charge in [0.1, 0.15) is 5.73 Å². The molecular weight excluding hydrogens is 254 g/mol. The normalized spacial score (nSPS) is 23.8. The minimum Gasteiger partial charge on any atom is -0.398 e. The summed E-state index contributed by atoms with van der Waals surface area (Å²) in [6.07, 6.45) is 2.68. The molecule has 1 saturated heterocycles. The van der Waals surface area contributed by atoms with Crippen LogP contribution in [0, 0.1) is 17.8 Å². The van der Waals surface area contributed by atoms with Crippen molar-refractivity contribution in [3.63, 3.8) is 0 Å². The summed E-state index contributed by atoms with van der Waals surface area (Å²) < 4.78 is 26.0. The van der Waals surface area contributed by atoms with Crippen molar-refractivity contribution < 1.29 is 13.7 Å². The molecule has 20 heavy (non-hydrogen) atoms. The molecule has 116 valence electrons. The van der Waals surface area contributed by atoms with Crippen LogP contribution < -0.4 is 0 Å². The molecule has 0 radical (unpaired) electrons. The minimum atomic E-state index is -0.867. The Balaban J connectivity index is 2.83. The van der Waals surface area contributed by atoms with Gasteiger partial charge in [0.2, 0.25) is 0 Å². The molecule has 1 heterocycles. The number of allylic oxidation sites excluding steroid dienone is 1. The van der Waals surface area contributed by atoms with Crippen molar-refractivity contribution in [2.75, 3.05) is 0 Å². The highest BCUT2D eigenvalue weighted by Crippen LogP contribution is 2.39. The number of rotatable bonds is 5. The van der Waals surface area contributed by atoms with Crippen LogP contribution in [-0.4, -0.2) is 18.3 Å². The highest BCUT2D eigenvalue weighted by molar-refractivity contribution is 6.53. The van der Waals surface area contributed by atoms with Crippen LogP contribution in [0.1, 0.15) is 61.8 Å². The Morgan fingerprint density at radius 2 is 1.50 bits per heavy atom. The predicted molar refractivity (Wildman–Crippen MR) is 83.1 cm³/mol. The quantitative estimate of drug-likeness (QED) is 0.676.